The second-order valence-electron chi connectivity index (χ2n) is 6.62. The average Bonchev–Trinajstić information content (AvgIpc) is 2.87. The maximum atomic E-state index is 12.1. The van der Waals surface area contributed by atoms with Crippen molar-refractivity contribution in [1.82, 2.24) is 20.1 Å². The number of nitrogens with zero attached hydrogens (tertiary/aromatic N) is 3. The molecule has 8 heteroatoms. The standard InChI is InChI=1S/C19H26ClN5O2/c1-2-12-27-16-8-7-14(13-15(16)20)22-19(26)21-10-9-18-24-23-17-6-4-3-5-11-25(17)18/h7-8,13H,2-6,9-12H2,1H3,(H2,21,22,26). The number of rotatable bonds is 7. The van der Waals surface area contributed by atoms with E-state index < -0.39 is 0 Å². The maximum absolute atomic E-state index is 12.1. The molecule has 0 fully saturated rings. The van der Waals surface area contributed by atoms with Crippen molar-refractivity contribution in [3.05, 3.63) is 34.9 Å². The monoisotopic (exact) mass is 391 g/mol. The third-order valence-corrected chi connectivity index (χ3v) is 4.77. The van der Waals surface area contributed by atoms with Gasteiger partial charge in [-0.1, -0.05) is 24.9 Å². The Morgan fingerprint density at radius 2 is 2.19 bits per heavy atom. The van der Waals surface area contributed by atoms with Crippen molar-refractivity contribution in [3.8, 4) is 5.75 Å². The lowest BCUT2D eigenvalue weighted by atomic mass is 10.2. The van der Waals surface area contributed by atoms with Crippen molar-refractivity contribution >= 4 is 23.3 Å². The third-order valence-electron chi connectivity index (χ3n) is 4.47. The number of carbonyl (C=O) groups is 1. The molecular formula is C19H26ClN5O2. The molecule has 1 aliphatic rings. The minimum Gasteiger partial charge on any atom is -0.492 e. The Morgan fingerprint density at radius 3 is 3.00 bits per heavy atom. The smallest absolute Gasteiger partial charge is 0.319 e. The largest absolute Gasteiger partial charge is 0.492 e. The summed E-state index contributed by atoms with van der Waals surface area (Å²) in [7, 11) is 0. The lowest BCUT2D eigenvalue weighted by Gasteiger charge is -2.11. The molecule has 0 unspecified atom stereocenters. The summed E-state index contributed by atoms with van der Waals surface area (Å²) < 4.78 is 7.73. The predicted octanol–water partition coefficient (Wildman–Crippen LogP) is 3.81. The Bertz CT molecular complexity index is 777. The van der Waals surface area contributed by atoms with E-state index in [0.717, 1.165) is 37.5 Å². The molecule has 0 spiro atoms. The summed E-state index contributed by atoms with van der Waals surface area (Å²) >= 11 is 6.19. The number of hydrogen-bond acceptors (Lipinski definition) is 4. The summed E-state index contributed by atoms with van der Waals surface area (Å²) in [5.41, 5.74) is 0.623. The SMILES string of the molecule is CCCOc1ccc(NC(=O)NCCc2nnc3n2CCCCC3)cc1Cl. The van der Waals surface area contributed by atoms with Gasteiger partial charge in [-0.25, -0.2) is 4.79 Å². The zero-order valence-corrected chi connectivity index (χ0v) is 16.4. The van der Waals surface area contributed by atoms with Crippen LogP contribution in [0.1, 0.15) is 44.3 Å². The number of nitrogens with one attached hydrogen (secondary N) is 2. The van der Waals surface area contributed by atoms with Crippen LogP contribution in [0, 0.1) is 0 Å². The molecule has 0 saturated heterocycles. The molecule has 0 radical (unpaired) electrons. The number of anilines is 1. The maximum Gasteiger partial charge on any atom is 0.319 e. The van der Waals surface area contributed by atoms with Crippen LogP contribution >= 0.6 is 11.6 Å². The molecule has 2 heterocycles. The normalized spacial score (nSPS) is 13.6. The first-order valence-electron chi connectivity index (χ1n) is 9.55. The molecule has 3 rings (SSSR count). The molecule has 2 aromatic rings. The van der Waals surface area contributed by atoms with Crippen LogP contribution in [-0.2, 0) is 19.4 Å². The zero-order valence-electron chi connectivity index (χ0n) is 15.6. The van der Waals surface area contributed by atoms with E-state index in [-0.39, 0.29) is 6.03 Å². The van der Waals surface area contributed by atoms with E-state index in [1.165, 1.54) is 12.8 Å². The van der Waals surface area contributed by atoms with E-state index in [1.54, 1.807) is 18.2 Å². The van der Waals surface area contributed by atoms with Gasteiger partial charge >= 0.3 is 6.03 Å². The fraction of sp³-hybridized carbons (Fsp3) is 0.526. The average molecular weight is 392 g/mol. The van der Waals surface area contributed by atoms with E-state index in [1.807, 2.05) is 6.92 Å². The Kier molecular flexibility index (Phi) is 6.92. The first-order chi connectivity index (χ1) is 13.2. The summed E-state index contributed by atoms with van der Waals surface area (Å²) in [4.78, 5) is 12.1. The van der Waals surface area contributed by atoms with Gasteiger partial charge in [-0.15, -0.1) is 10.2 Å². The van der Waals surface area contributed by atoms with Gasteiger partial charge in [0.25, 0.3) is 0 Å². The number of ether oxygens (including phenoxy) is 1. The lowest BCUT2D eigenvalue weighted by Crippen LogP contribution is -2.31. The van der Waals surface area contributed by atoms with Crippen LogP contribution in [0.4, 0.5) is 10.5 Å². The molecule has 0 bridgehead atoms. The summed E-state index contributed by atoms with van der Waals surface area (Å²) in [6.45, 7) is 4.11. The van der Waals surface area contributed by atoms with Gasteiger partial charge < -0.3 is 19.9 Å². The molecule has 0 saturated carbocycles. The van der Waals surface area contributed by atoms with E-state index in [4.69, 9.17) is 16.3 Å². The van der Waals surface area contributed by atoms with Gasteiger partial charge in [0.2, 0.25) is 0 Å². The highest BCUT2D eigenvalue weighted by atomic mass is 35.5. The molecule has 27 heavy (non-hydrogen) atoms. The third kappa shape index (κ3) is 5.35. The quantitative estimate of drug-likeness (QED) is 0.751. The Balaban J connectivity index is 1.47. The Hall–Kier alpha value is -2.28. The highest BCUT2D eigenvalue weighted by molar-refractivity contribution is 6.32. The number of aromatic nitrogens is 3. The lowest BCUT2D eigenvalue weighted by molar-refractivity contribution is 0.252. The molecule has 7 nitrogen and oxygen atoms in total. The first kappa shape index (κ1) is 19.5. The van der Waals surface area contributed by atoms with Gasteiger partial charge in [-0.3, -0.25) is 0 Å². The topological polar surface area (TPSA) is 81.1 Å². The van der Waals surface area contributed by atoms with Crippen molar-refractivity contribution < 1.29 is 9.53 Å². The second kappa shape index (κ2) is 9.60. The fourth-order valence-corrected chi connectivity index (χ4v) is 3.34. The summed E-state index contributed by atoms with van der Waals surface area (Å²) in [6.07, 6.45) is 6.11. The number of benzene rings is 1. The number of fused-ring (bicyclic) bond motifs is 1. The van der Waals surface area contributed by atoms with Crippen LogP contribution in [0.25, 0.3) is 0 Å². The molecular weight excluding hydrogens is 366 g/mol. The van der Waals surface area contributed by atoms with Crippen molar-refractivity contribution in [2.45, 2.75) is 52.0 Å². The molecule has 1 aliphatic heterocycles. The molecule has 0 atom stereocenters. The molecule has 1 aromatic carbocycles. The van der Waals surface area contributed by atoms with E-state index >= 15 is 0 Å². The minimum atomic E-state index is -0.274. The highest BCUT2D eigenvalue weighted by Crippen LogP contribution is 2.27. The Morgan fingerprint density at radius 1 is 1.30 bits per heavy atom. The van der Waals surface area contributed by atoms with Crippen LogP contribution < -0.4 is 15.4 Å². The van der Waals surface area contributed by atoms with Crippen molar-refractivity contribution in [2.24, 2.45) is 0 Å². The van der Waals surface area contributed by atoms with Crippen molar-refractivity contribution in [2.75, 3.05) is 18.5 Å². The number of amides is 2. The van der Waals surface area contributed by atoms with Gasteiger partial charge in [0.05, 0.1) is 11.6 Å². The van der Waals surface area contributed by atoms with Crippen molar-refractivity contribution in [3.63, 3.8) is 0 Å². The van der Waals surface area contributed by atoms with Crippen molar-refractivity contribution in [1.29, 1.82) is 0 Å². The molecule has 0 aliphatic carbocycles. The molecule has 146 valence electrons. The van der Waals surface area contributed by atoms with E-state index in [9.17, 15) is 4.79 Å². The highest BCUT2D eigenvalue weighted by Gasteiger charge is 2.14. The second-order valence-corrected chi connectivity index (χ2v) is 7.03. The number of hydrogen-bond donors (Lipinski definition) is 2. The van der Waals surface area contributed by atoms with Crippen LogP contribution in [0.15, 0.2) is 18.2 Å². The predicted molar refractivity (Wildman–Crippen MR) is 106 cm³/mol. The number of aryl methyl sites for hydroxylation is 1. The summed E-state index contributed by atoms with van der Waals surface area (Å²) in [5, 5.41) is 14.7. The number of halogens is 1. The minimum absolute atomic E-state index is 0.274. The summed E-state index contributed by atoms with van der Waals surface area (Å²) in [6, 6.07) is 4.95. The van der Waals surface area contributed by atoms with Crippen LogP contribution in [-0.4, -0.2) is 33.9 Å². The van der Waals surface area contributed by atoms with E-state index in [2.05, 4.69) is 25.4 Å². The zero-order chi connectivity index (χ0) is 19.1. The van der Waals surface area contributed by atoms with Gasteiger partial charge in [-0.05, 0) is 37.5 Å². The number of urea groups is 1. The number of carbonyl (C=O) groups excluding carboxylic acids is 1. The van der Waals surface area contributed by atoms with Crippen LogP contribution in [0.2, 0.25) is 5.02 Å². The van der Waals surface area contributed by atoms with E-state index in [0.29, 0.717) is 36.0 Å². The first-order valence-corrected chi connectivity index (χ1v) is 9.93. The van der Waals surface area contributed by atoms with Gasteiger partial charge in [0.15, 0.2) is 0 Å². The Labute approximate surface area is 164 Å². The van der Waals surface area contributed by atoms with Crippen LogP contribution in [0.3, 0.4) is 0 Å². The molecule has 2 N–H and O–H groups in total. The fourth-order valence-electron chi connectivity index (χ4n) is 3.10. The van der Waals surface area contributed by atoms with Crippen LogP contribution in [0.5, 0.6) is 5.75 Å². The van der Waals surface area contributed by atoms with Gasteiger partial charge in [0.1, 0.15) is 17.4 Å². The summed E-state index contributed by atoms with van der Waals surface area (Å²) in [5.74, 6) is 2.62. The van der Waals surface area contributed by atoms with Gasteiger partial charge in [0, 0.05) is 31.6 Å². The van der Waals surface area contributed by atoms with Gasteiger partial charge in [-0.2, -0.15) is 0 Å². The molecule has 2 amide bonds. The molecule has 1 aromatic heterocycles.